The van der Waals surface area contributed by atoms with Crippen LogP contribution >= 0.6 is 11.6 Å². The number of aromatic nitrogens is 1. The van der Waals surface area contributed by atoms with E-state index in [2.05, 4.69) is 15.0 Å². The van der Waals surface area contributed by atoms with Gasteiger partial charge in [0.1, 0.15) is 0 Å². The Morgan fingerprint density at radius 3 is 2.08 bits per heavy atom. The van der Waals surface area contributed by atoms with Crippen molar-refractivity contribution in [1.82, 2.24) is 4.98 Å². The molecule has 0 bridgehead atoms. The van der Waals surface area contributed by atoms with Gasteiger partial charge in [-0.15, -0.1) is 0 Å². The van der Waals surface area contributed by atoms with Gasteiger partial charge in [-0.2, -0.15) is 0 Å². The molecule has 128 valence electrons. The Labute approximate surface area is 151 Å². The van der Waals surface area contributed by atoms with Crippen LogP contribution in [-0.4, -0.2) is 13.4 Å². The van der Waals surface area contributed by atoms with Crippen LogP contribution in [0, 0.1) is 0 Å². The largest absolute Gasteiger partial charge is 0.381 e. The molecule has 0 aliphatic heterocycles. The molecule has 0 amide bonds. The minimum atomic E-state index is -3.63. The van der Waals surface area contributed by atoms with Crippen LogP contribution in [0.2, 0.25) is 5.02 Å². The van der Waals surface area contributed by atoms with Crippen LogP contribution < -0.4 is 10.0 Å². The summed E-state index contributed by atoms with van der Waals surface area (Å²) in [6.07, 6.45) is 3.48. The molecule has 25 heavy (non-hydrogen) atoms. The number of nitrogens with one attached hydrogen (secondary N) is 2. The number of halogens is 1. The topological polar surface area (TPSA) is 71.1 Å². The van der Waals surface area contributed by atoms with E-state index in [9.17, 15) is 8.42 Å². The Balaban J connectivity index is 1.65. The monoisotopic (exact) mass is 373 g/mol. The molecule has 0 fully saturated rings. The molecule has 0 saturated carbocycles. The van der Waals surface area contributed by atoms with Crippen LogP contribution in [0.4, 0.5) is 11.4 Å². The summed E-state index contributed by atoms with van der Waals surface area (Å²) < 4.78 is 27.2. The molecule has 1 aromatic heterocycles. The van der Waals surface area contributed by atoms with E-state index in [-0.39, 0.29) is 4.90 Å². The second-order valence-electron chi connectivity index (χ2n) is 5.35. The van der Waals surface area contributed by atoms with Crippen molar-refractivity contribution in [3.8, 4) is 0 Å². The Kier molecular flexibility index (Phi) is 5.21. The number of rotatable bonds is 6. The van der Waals surface area contributed by atoms with E-state index in [1.165, 1.54) is 12.1 Å². The van der Waals surface area contributed by atoms with Gasteiger partial charge in [0.25, 0.3) is 10.0 Å². The highest BCUT2D eigenvalue weighted by Gasteiger charge is 2.13. The molecule has 0 saturated heterocycles. The van der Waals surface area contributed by atoms with Gasteiger partial charge in [-0.05, 0) is 66.2 Å². The van der Waals surface area contributed by atoms with Crippen LogP contribution in [0.15, 0.2) is 78.0 Å². The molecule has 0 aliphatic carbocycles. The van der Waals surface area contributed by atoms with Crippen molar-refractivity contribution >= 4 is 33.0 Å². The van der Waals surface area contributed by atoms with E-state index in [1.807, 2.05) is 24.3 Å². The summed E-state index contributed by atoms with van der Waals surface area (Å²) in [7, 11) is -3.63. The Hall–Kier alpha value is -2.57. The van der Waals surface area contributed by atoms with Crippen LogP contribution in [0.1, 0.15) is 5.56 Å². The third-order valence-electron chi connectivity index (χ3n) is 3.51. The van der Waals surface area contributed by atoms with Crippen molar-refractivity contribution in [1.29, 1.82) is 0 Å². The molecule has 0 unspecified atom stereocenters. The smallest absolute Gasteiger partial charge is 0.261 e. The normalized spacial score (nSPS) is 11.1. The van der Waals surface area contributed by atoms with Crippen LogP contribution in [-0.2, 0) is 16.6 Å². The lowest BCUT2D eigenvalue weighted by molar-refractivity contribution is 0.601. The number of pyridine rings is 1. The average molecular weight is 374 g/mol. The molecule has 7 heteroatoms. The number of hydrogen-bond acceptors (Lipinski definition) is 4. The summed E-state index contributed by atoms with van der Waals surface area (Å²) in [4.78, 5) is 4.14. The summed E-state index contributed by atoms with van der Waals surface area (Å²) in [6, 6.07) is 16.9. The fourth-order valence-corrected chi connectivity index (χ4v) is 3.37. The first-order valence-electron chi connectivity index (χ1n) is 7.54. The standard InChI is InChI=1S/C18H16ClN3O2S/c19-15-1-7-18(8-2-15)25(23,24)22-17-5-3-16(4-6-17)21-13-14-9-11-20-12-10-14/h1-12,21-22H,13H2. The maximum absolute atomic E-state index is 12.3. The summed E-state index contributed by atoms with van der Waals surface area (Å²) >= 11 is 5.79. The van der Waals surface area contributed by atoms with Gasteiger partial charge in [0.05, 0.1) is 4.90 Å². The van der Waals surface area contributed by atoms with Crippen molar-refractivity contribution < 1.29 is 8.42 Å². The molecule has 1 heterocycles. The SMILES string of the molecule is O=S(=O)(Nc1ccc(NCc2ccncc2)cc1)c1ccc(Cl)cc1. The Morgan fingerprint density at radius 1 is 0.840 bits per heavy atom. The molecular weight excluding hydrogens is 358 g/mol. The van der Waals surface area contributed by atoms with Crippen molar-refractivity contribution in [3.63, 3.8) is 0 Å². The predicted molar refractivity (Wildman–Crippen MR) is 100 cm³/mol. The van der Waals surface area contributed by atoms with E-state index in [1.54, 1.807) is 36.7 Å². The van der Waals surface area contributed by atoms with Gasteiger partial charge in [0, 0.05) is 35.3 Å². The second-order valence-corrected chi connectivity index (χ2v) is 7.46. The van der Waals surface area contributed by atoms with Gasteiger partial charge >= 0.3 is 0 Å². The quantitative estimate of drug-likeness (QED) is 0.681. The summed E-state index contributed by atoms with van der Waals surface area (Å²) in [5.41, 5.74) is 2.50. The first-order chi connectivity index (χ1) is 12.0. The van der Waals surface area contributed by atoms with E-state index in [0.29, 0.717) is 17.3 Å². The summed E-state index contributed by atoms with van der Waals surface area (Å²) in [5.74, 6) is 0. The van der Waals surface area contributed by atoms with E-state index >= 15 is 0 Å². The highest BCUT2D eigenvalue weighted by atomic mass is 35.5. The van der Waals surface area contributed by atoms with Gasteiger partial charge in [-0.1, -0.05) is 11.6 Å². The maximum Gasteiger partial charge on any atom is 0.261 e. The zero-order valence-corrected chi connectivity index (χ0v) is 14.8. The molecule has 5 nitrogen and oxygen atoms in total. The fourth-order valence-electron chi connectivity index (χ4n) is 2.19. The highest BCUT2D eigenvalue weighted by Crippen LogP contribution is 2.20. The minimum absolute atomic E-state index is 0.164. The Morgan fingerprint density at radius 2 is 1.44 bits per heavy atom. The molecule has 0 atom stereocenters. The van der Waals surface area contributed by atoms with Gasteiger partial charge in [-0.25, -0.2) is 8.42 Å². The zero-order chi connectivity index (χ0) is 17.7. The van der Waals surface area contributed by atoms with Crippen LogP contribution in [0.5, 0.6) is 0 Å². The maximum atomic E-state index is 12.3. The van der Waals surface area contributed by atoms with E-state index in [4.69, 9.17) is 11.6 Å². The van der Waals surface area contributed by atoms with Crippen molar-refractivity contribution in [2.75, 3.05) is 10.0 Å². The highest BCUT2D eigenvalue weighted by molar-refractivity contribution is 7.92. The molecule has 2 N–H and O–H groups in total. The Bertz CT molecular complexity index is 928. The molecule has 3 aromatic rings. The lowest BCUT2D eigenvalue weighted by Gasteiger charge is -2.10. The fraction of sp³-hybridized carbons (Fsp3) is 0.0556. The van der Waals surface area contributed by atoms with Crippen LogP contribution in [0.25, 0.3) is 0 Å². The van der Waals surface area contributed by atoms with Crippen LogP contribution in [0.3, 0.4) is 0 Å². The van der Waals surface area contributed by atoms with Gasteiger partial charge in [0.2, 0.25) is 0 Å². The lowest BCUT2D eigenvalue weighted by atomic mass is 10.2. The molecule has 2 aromatic carbocycles. The molecule has 0 aliphatic rings. The molecular formula is C18H16ClN3O2S. The third-order valence-corrected chi connectivity index (χ3v) is 5.16. The van der Waals surface area contributed by atoms with Crippen molar-refractivity contribution in [2.45, 2.75) is 11.4 Å². The van der Waals surface area contributed by atoms with Gasteiger partial charge in [-0.3, -0.25) is 9.71 Å². The van der Waals surface area contributed by atoms with Crippen molar-refractivity contribution in [2.24, 2.45) is 0 Å². The molecule has 0 spiro atoms. The van der Waals surface area contributed by atoms with Gasteiger partial charge in [0.15, 0.2) is 0 Å². The zero-order valence-electron chi connectivity index (χ0n) is 13.2. The van der Waals surface area contributed by atoms with E-state index < -0.39 is 10.0 Å². The summed E-state index contributed by atoms with van der Waals surface area (Å²) in [5, 5.41) is 3.76. The number of benzene rings is 2. The van der Waals surface area contributed by atoms with Crippen molar-refractivity contribution in [3.05, 3.63) is 83.6 Å². The number of hydrogen-bond donors (Lipinski definition) is 2. The summed E-state index contributed by atoms with van der Waals surface area (Å²) in [6.45, 7) is 0.665. The second kappa shape index (κ2) is 7.55. The number of nitrogens with zero attached hydrogens (tertiary/aromatic N) is 1. The first kappa shape index (κ1) is 17.3. The minimum Gasteiger partial charge on any atom is -0.381 e. The predicted octanol–water partition coefficient (Wildman–Crippen LogP) is 4.15. The number of anilines is 2. The molecule has 0 radical (unpaired) electrons. The van der Waals surface area contributed by atoms with E-state index in [0.717, 1.165) is 11.3 Å². The average Bonchev–Trinajstić information content (AvgIpc) is 2.62. The molecule has 3 rings (SSSR count). The first-order valence-corrected chi connectivity index (χ1v) is 9.40. The lowest BCUT2D eigenvalue weighted by Crippen LogP contribution is -2.12. The number of sulfonamides is 1. The third kappa shape index (κ3) is 4.71. The van der Waals surface area contributed by atoms with Gasteiger partial charge < -0.3 is 5.32 Å².